The van der Waals surface area contributed by atoms with E-state index < -0.39 is 0 Å². The van der Waals surface area contributed by atoms with Crippen LogP contribution in [0.25, 0.3) is 0 Å². The Hall–Kier alpha value is -0.130. The highest BCUT2D eigenvalue weighted by atomic mass is 127. The smallest absolute Gasteiger partial charge is 0.0646 e. The van der Waals surface area contributed by atoms with Gasteiger partial charge in [-0.05, 0) is 60.6 Å². The summed E-state index contributed by atoms with van der Waals surface area (Å²) >= 11 is 2.30. The second-order valence-electron chi connectivity index (χ2n) is 4.09. The topological polar surface area (TPSA) is 35.2 Å². The fourth-order valence-electron chi connectivity index (χ4n) is 1.45. The largest absolute Gasteiger partial charge is 0.380 e. The summed E-state index contributed by atoms with van der Waals surface area (Å²) in [5.74, 6) is 0. The lowest BCUT2D eigenvalue weighted by Crippen LogP contribution is -2.43. The number of benzene rings is 1. The Morgan fingerprint density at radius 2 is 1.93 bits per heavy atom. The third kappa shape index (κ3) is 4.95. The highest BCUT2D eigenvalue weighted by Gasteiger charge is 2.18. The average molecular weight is 319 g/mol. The van der Waals surface area contributed by atoms with E-state index >= 15 is 0 Å². The molecule has 0 heterocycles. The first kappa shape index (κ1) is 12.9. The maximum absolute atomic E-state index is 6.15. The summed E-state index contributed by atoms with van der Waals surface area (Å²) in [6.45, 7) is 5.34. The van der Waals surface area contributed by atoms with Crippen molar-refractivity contribution in [1.82, 2.24) is 0 Å². The standard InChI is InChI=1S/C12H18INO/c1-3-15-9-12(2,14)8-10-4-6-11(13)7-5-10/h4-7H,3,8-9,14H2,1-2H3. The molecule has 0 saturated carbocycles. The fraction of sp³-hybridized carbons (Fsp3) is 0.500. The maximum atomic E-state index is 6.15. The lowest BCUT2D eigenvalue weighted by molar-refractivity contribution is 0.101. The molecule has 1 aromatic carbocycles. The molecular formula is C12H18INO. The molecule has 1 atom stereocenters. The second kappa shape index (κ2) is 5.82. The first-order valence-corrected chi connectivity index (χ1v) is 6.22. The lowest BCUT2D eigenvalue weighted by atomic mass is 9.95. The summed E-state index contributed by atoms with van der Waals surface area (Å²) in [5, 5.41) is 0. The minimum Gasteiger partial charge on any atom is -0.380 e. The number of nitrogens with two attached hydrogens (primary N) is 1. The molecule has 0 radical (unpaired) electrons. The Bertz CT molecular complexity index is 295. The van der Waals surface area contributed by atoms with Crippen LogP contribution < -0.4 is 5.73 Å². The van der Waals surface area contributed by atoms with Gasteiger partial charge in [-0.1, -0.05) is 12.1 Å². The van der Waals surface area contributed by atoms with Crippen molar-refractivity contribution >= 4 is 22.6 Å². The maximum Gasteiger partial charge on any atom is 0.0646 e. The molecule has 0 fully saturated rings. The van der Waals surface area contributed by atoms with Gasteiger partial charge in [-0.15, -0.1) is 0 Å². The molecule has 0 spiro atoms. The van der Waals surface area contributed by atoms with E-state index in [4.69, 9.17) is 10.5 Å². The van der Waals surface area contributed by atoms with E-state index in [0.717, 1.165) is 13.0 Å². The van der Waals surface area contributed by atoms with Crippen molar-refractivity contribution in [3.63, 3.8) is 0 Å². The Kier molecular flexibility index (Phi) is 5.02. The van der Waals surface area contributed by atoms with Crippen molar-refractivity contribution in [3.05, 3.63) is 33.4 Å². The first-order chi connectivity index (χ1) is 7.03. The Labute approximate surface area is 105 Å². The number of halogens is 1. The molecule has 0 aliphatic carbocycles. The van der Waals surface area contributed by atoms with E-state index in [1.54, 1.807) is 0 Å². The van der Waals surface area contributed by atoms with Gasteiger partial charge in [0.05, 0.1) is 6.61 Å². The summed E-state index contributed by atoms with van der Waals surface area (Å²) in [6.07, 6.45) is 0.851. The zero-order valence-corrected chi connectivity index (χ0v) is 11.5. The van der Waals surface area contributed by atoms with Gasteiger partial charge in [0, 0.05) is 15.7 Å². The Balaban J connectivity index is 2.56. The van der Waals surface area contributed by atoms with Gasteiger partial charge in [0.15, 0.2) is 0 Å². The zero-order chi connectivity index (χ0) is 11.3. The summed E-state index contributed by atoms with van der Waals surface area (Å²) < 4.78 is 6.62. The molecule has 1 aromatic rings. The summed E-state index contributed by atoms with van der Waals surface area (Å²) in [4.78, 5) is 0. The average Bonchev–Trinajstić information content (AvgIpc) is 2.18. The predicted molar refractivity (Wildman–Crippen MR) is 71.9 cm³/mol. The third-order valence-electron chi connectivity index (χ3n) is 2.16. The van der Waals surface area contributed by atoms with Crippen molar-refractivity contribution in [1.29, 1.82) is 0 Å². The van der Waals surface area contributed by atoms with Crippen LogP contribution in [0.5, 0.6) is 0 Å². The summed E-state index contributed by atoms with van der Waals surface area (Å²) in [6, 6.07) is 8.46. The van der Waals surface area contributed by atoms with Crippen LogP contribution in [0.3, 0.4) is 0 Å². The normalized spacial score (nSPS) is 14.9. The number of hydrogen-bond acceptors (Lipinski definition) is 2. The molecule has 0 aliphatic heterocycles. The van der Waals surface area contributed by atoms with Crippen LogP contribution in [0.15, 0.2) is 24.3 Å². The molecule has 2 nitrogen and oxygen atoms in total. The van der Waals surface area contributed by atoms with E-state index in [2.05, 4.69) is 46.9 Å². The van der Waals surface area contributed by atoms with Crippen molar-refractivity contribution in [2.75, 3.05) is 13.2 Å². The quantitative estimate of drug-likeness (QED) is 0.847. The highest BCUT2D eigenvalue weighted by Crippen LogP contribution is 2.13. The van der Waals surface area contributed by atoms with E-state index in [1.165, 1.54) is 9.13 Å². The number of ether oxygens (including phenoxy) is 1. The van der Waals surface area contributed by atoms with E-state index in [1.807, 2.05) is 13.8 Å². The van der Waals surface area contributed by atoms with Gasteiger partial charge in [-0.3, -0.25) is 0 Å². The van der Waals surface area contributed by atoms with Crippen molar-refractivity contribution in [2.45, 2.75) is 25.8 Å². The molecule has 84 valence electrons. The molecule has 0 amide bonds. The van der Waals surface area contributed by atoms with Crippen LogP contribution in [-0.2, 0) is 11.2 Å². The van der Waals surface area contributed by atoms with Gasteiger partial charge >= 0.3 is 0 Å². The molecular weight excluding hydrogens is 301 g/mol. The molecule has 1 unspecified atom stereocenters. The Morgan fingerprint density at radius 3 is 2.47 bits per heavy atom. The highest BCUT2D eigenvalue weighted by molar-refractivity contribution is 14.1. The molecule has 0 aromatic heterocycles. The van der Waals surface area contributed by atoms with E-state index in [-0.39, 0.29) is 5.54 Å². The predicted octanol–water partition coefficient (Wildman–Crippen LogP) is 2.59. The third-order valence-corrected chi connectivity index (χ3v) is 2.88. The molecule has 0 bridgehead atoms. The van der Waals surface area contributed by atoms with Crippen LogP contribution >= 0.6 is 22.6 Å². The zero-order valence-electron chi connectivity index (χ0n) is 9.29. The monoisotopic (exact) mass is 319 g/mol. The van der Waals surface area contributed by atoms with E-state index in [0.29, 0.717) is 6.61 Å². The van der Waals surface area contributed by atoms with Crippen LogP contribution in [-0.4, -0.2) is 18.8 Å². The van der Waals surface area contributed by atoms with Crippen molar-refractivity contribution < 1.29 is 4.74 Å². The van der Waals surface area contributed by atoms with Gasteiger partial charge in [-0.25, -0.2) is 0 Å². The molecule has 3 heteroatoms. The minimum atomic E-state index is -0.275. The Morgan fingerprint density at radius 1 is 1.33 bits per heavy atom. The van der Waals surface area contributed by atoms with Gasteiger partial charge in [0.25, 0.3) is 0 Å². The molecule has 0 aliphatic rings. The van der Waals surface area contributed by atoms with Crippen molar-refractivity contribution in [3.8, 4) is 0 Å². The van der Waals surface area contributed by atoms with Crippen LogP contribution in [0.2, 0.25) is 0 Å². The van der Waals surface area contributed by atoms with E-state index in [9.17, 15) is 0 Å². The van der Waals surface area contributed by atoms with Crippen LogP contribution in [0, 0.1) is 3.57 Å². The van der Waals surface area contributed by atoms with Gasteiger partial charge in [0.2, 0.25) is 0 Å². The van der Waals surface area contributed by atoms with Gasteiger partial charge in [0.1, 0.15) is 0 Å². The molecule has 0 saturated heterocycles. The second-order valence-corrected chi connectivity index (χ2v) is 5.34. The summed E-state index contributed by atoms with van der Waals surface area (Å²) in [5.41, 5.74) is 7.14. The number of hydrogen-bond donors (Lipinski definition) is 1. The van der Waals surface area contributed by atoms with Gasteiger partial charge in [-0.2, -0.15) is 0 Å². The fourth-order valence-corrected chi connectivity index (χ4v) is 1.81. The first-order valence-electron chi connectivity index (χ1n) is 5.14. The van der Waals surface area contributed by atoms with Crippen LogP contribution in [0.1, 0.15) is 19.4 Å². The van der Waals surface area contributed by atoms with Crippen molar-refractivity contribution in [2.24, 2.45) is 5.73 Å². The minimum absolute atomic E-state index is 0.275. The molecule has 15 heavy (non-hydrogen) atoms. The molecule has 2 N–H and O–H groups in total. The summed E-state index contributed by atoms with van der Waals surface area (Å²) in [7, 11) is 0. The molecule has 1 rings (SSSR count). The van der Waals surface area contributed by atoms with Gasteiger partial charge < -0.3 is 10.5 Å². The lowest BCUT2D eigenvalue weighted by Gasteiger charge is -2.24. The SMILES string of the molecule is CCOCC(C)(N)Cc1ccc(I)cc1. The number of rotatable bonds is 5. The van der Waals surface area contributed by atoms with Crippen LogP contribution in [0.4, 0.5) is 0 Å².